The Balaban J connectivity index is 1.67. The summed E-state index contributed by atoms with van der Waals surface area (Å²) in [6, 6.07) is 14.4. The molecule has 0 aliphatic heterocycles. The number of fused-ring (bicyclic) bond motifs is 1. The molecule has 1 aromatic heterocycles. The molecule has 2 aromatic carbocycles. The molecule has 0 atom stereocenters. The quantitative estimate of drug-likeness (QED) is 0.473. The van der Waals surface area contributed by atoms with Crippen molar-refractivity contribution in [1.29, 1.82) is 0 Å². The molecule has 0 aliphatic carbocycles. The number of anilines is 1. The van der Waals surface area contributed by atoms with Gasteiger partial charge in [0, 0.05) is 24.7 Å². The van der Waals surface area contributed by atoms with Crippen LogP contribution in [0, 0.1) is 10.1 Å². The summed E-state index contributed by atoms with van der Waals surface area (Å²) in [5.74, 6) is 0.137. The van der Waals surface area contributed by atoms with Gasteiger partial charge in [0.15, 0.2) is 0 Å². The minimum absolute atomic E-state index is 0.172. The largest absolute Gasteiger partial charge is 0.493 e. The van der Waals surface area contributed by atoms with Crippen LogP contribution in [0.4, 0.5) is 11.4 Å². The number of nitrogens with zero attached hydrogens (tertiary/aromatic N) is 2. The van der Waals surface area contributed by atoms with Crippen molar-refractivity contribution < 1.29 is 14.5 Å². The van der Waals surface area contributed by atoms with Gasteiger partial charge in [0.25, 0.3) is 5.69 Å². The van der Waals surface area contributed by atoms with E-state index in [2.05, 4.69) is 5.32 Å². The van der Waals surface area contributed by atoms with Crippen LogP contribution in [0.5, 0.6) is 5.75 Å². The van der Waals surface area contributed by atoms with E-state index in [1.807, 2.05) is 48.0 Å². The molecule has 7 heteroatoms. The molecule has 1 amide bonds. The van der Waals surface area contributed by atoms with Crippen molar-refractivity contribution >= 4 is 28.2 Å². The fraction of sp³-hybridized carbons (Fsp3) is 0.250. The lowest BCUT2D eigenvalue weighted by Crippen LogP contribution is -2.15. The van der Waals surface area contributed by atoms with Crippen molar-refractivity contribution in [2.45, 2.75) is 26.3 Å². The molecule has 0 spiro atoms. The second kappa shape index (κ2) is 8.35. The number of hydrogen-bond acceptors (Lipinski definition) is 4. The van der Waals surface area contributed by atoms with E-state index in [4.69, 9.17) is 4.74 Å². The number of carbonyl (C=O) groups is 1. The van der Waals surface area contributed by atoms with Gasteiger partial charge in [-0.05, 0) is 36.1 Å². The maximum absolute atomic E-state index is 12.3. The molecule has 1 N–H and O–H groups in total. The molecule has 0 fully saturated rings. The number of benzene rings is 2. The minimum atomic E-state index is -0.520. The SMILES string of the molecule is CCCOc1ccc(NC(=O)CCn2ccc3ccccc32)c([N+](=O)[O-])c1. The van der Waals surface area contributed by atoms with Crippen molar-refractivity contribution in [2.75, 3.05) is 11.9 Å². The highest BCUT2D eigenvalue weighted by molar-refractivity contribution is 5.93. The van der Waals surface area contributed by atoms with Gasteiger partial charge in [-0.3, -0.25) is 14.9 Å². The Labute approximate surface area is 156 Å². The Morgan fingerprint density at radius 1 is 1.22 bits per heavy atom. The number of rotatable bonds is 8. The van der Waals surface area contributed by atoms with E-state index in [9.17, 15) is 14.9 Å². The van der Waals surface area contributed by atoms with Crippen LogP contribution in [0.15, 0.2) is 54.7 Å². The second-order valence-electron chi connectivity index (χ2n) is 6.15. The van der Waals surface area contributed by atoms with E-state index in [1.54, 1.807) is 6.07 Å². The third kappa shape index (κ3) is 4.44. The van der Waals surface area contributed by atoms with E-state index in [0.29, 0.717) is 18.9 Å². The lowest BCUT2D eigenvalue weighted by molar-refractivity contribution is -0.384. The first-order valence-corrected chi connectivity index (χ1v) is 8.83. The van der Waals surface area contributed by atoms with Gasteiger partial charge in [-0.25, -0.2) is 0 Å². The van der Waals surface area contributed by atoms with Crippen molar-refractivity contribution in [3.63, 3.8) is 0 Å². The van der Waals surface area contributed by atoms with E-state index < -0.39 is 4.92 Å². The highest BCUT2D eigenvalue weighted by atomic mass is 16.6. The van der Waals surface area contributed by atoms with E-state index in [-0.39, 0.29) is 23.7 Å². The number of nitro benzene ring substituents is 1. The molecule has 3 rings (SSSR count). The number of amides is 1. The van der Waals surface area contributed by atoms with E-state index in [1.165, 1.54) is 12.1 Å². The molecule has 0 radical (unpaired) electrons. The number of para-hydroxylation sites is 1. The normalized spacial score (nSPS) is 10.7. The fourth-order valence-corrected chi connectivity index (χ4v) is 2.85. The summed E-state index contributed by atoms with van der Waals surface area (Å²) < 4.78 is 7.41. The Morgan fingerprint density at radius 3 is 2.81 bits per heavy atom. The Bertz CT molecular complexity index is 965. The van der Waals surface area contributed by atoms with Crippen LogP contribution in [0.1, 0.15) is 19.8 Å². The molecular formula is C20H21N3O4. The summed E-state index contributed by atoms with van der Waals surface area (Å²) in [5.41, 5.74) is 1.04. The van der Waals surface area contributed by atoms with Crippen LogP contribution in [0.25, 0.3) is 10.9 Å². The molecular weight excluding hydrogens is 346 g/mol. The van der Waals surface area contributed by atoms with Crippen molar-refractivity contribution in [3.05, 3.63) is 64.8 Å². The third-order valence-electron chi connectivity index (χ3n) is 4.17. The van der Waals surface area contributed by atoms with Gasteiger partial charge in [-0.2, -0.15) is 0 Å². The molecule has 0 saturated heterocycles. The van der Waals surface area contributed by atoms with Crippen molar-refractivity contribution in [3.8, 4) is 5.75 Å². The fourth-order valence-electron chi connectivity index (χ4n) is 2.85. The van der Waals surface area contributed by atoms with Gasteiger partial charge in [-0.1, -0.05) is 25.1 Å². The number of carbonyl (C=O) groups excluding carboxylic acids is 1. The molecule has 1 heterocycles. The first-order chi connectivity index (χ1) is 13.1. The van der Waals surface area contributed by atoms with E-state index in [0.717, 1.165) is 17.3 Å². The van der Waals surface area contributed by atoms with Crippen LogP contribution in [-0.2, 0) is 11.3 Å². The molecule has 0 aliphatic rings. The van der Waals surface area contributed by atoms with Gasteiger partial charge in [-0.15, -0.1) is 0 Å². The molecule has 7 nitrogen and oxygen atoms in total. The Morgan fingerprint density at radius 2 is 2.04 bits per heavy atom. The Hall–Kier alpha value is -3.35. The van der Waals surface area contributed by atoms with Crippen LogP contribution in [0.2, 0.25) is 0 Å². The monoisotopic (exact) mass is 367 g/mol. The predicted octanol–water partition coefficient (Wildman–Crippen LogP) is 4.37. The summed E-state index contributed by atoms with van der Waals surface area (Å²) in [6.45, 7) is 2.93. The number of aryl methyl sites for hydroxylation is 1. The van der Waals surface area contributed by atoms with Crippen LogP contribution >= 0.6 is 0 Å². The number of hydrogen-bond donors (Lipinski definition) is 1. The smallest absolute Gasteiger partial charge is 0.296 e. The lowest BCUT2D eigenvalue weighted by Gasteiger charge is -2.09. The maximum atomic E-state index is 12.3. The Kier molecular flexibility index (Phi) is 5.71. The summed E-state index contributed by atoms with van der Waals surface area (Å²) >= 11 is 0. The summed E-state index contributed by atoms with van der Waals surface area (Å²) in [5, 5.41) is 15.1. The zero-order valence-electron chi connectivity index (χ0n) is 15.1. The summed E-state index contributed by atoms with van der Waals surface area (Å²) in [7, 11) is 0. The number of ether oxygens (including phenoxy) is 1. The predicted molar refractivity (Wildman–Crippen MR) is 104 cm³/mol. The van der Waals surface area contributed by atoms with Crippen molar-refractivity contribution in [1.82, 2.24) is 4.57 Å². The first kappa shape index (κ1) is 18.4. The summed E-state index contributed by atoms with van der Waals surface area (Å²) in [4.78, 5) is 23.1. The van der Waals surface area contributed by atoms with Gasteiger partial charge in [0.05, 0.1) is 17.6 Å². The zero-order valence-corrected chi connectivity index (χ0v) is 15.1. The van der Waals surface area contributed by atoms with Gasteiger partial charge >= 0.3 is 0 Å². The molecule has 140 valence electrons. The minimum Gasteiger partial charge on any atom is -0.493 e. The first-order valence-electron chi connectivity index (χ1n) is 8.83. The zero-order chi connectivity index (χ0) is 19.2. The average molecular weight is 367 g/mol. The van der Waals surface area contributed by atoms with E-state index >= 15 is 0 Å². The lowest BCUT2D eigenvalue weighted by atomic mass is 10.2. The molecule has 0 bridgehead atoms. The average Bonchev–Trinajstić information content (AvgIpc) is 3.08. The van der Waals surface area contributed by atoms with Crippen LogP contribution in [0.3, 0.4) is 0 Å². The molecule has 0 saturated carbocycles. The molecule has 0 unspecified atom stereocenters. The molecule has 3 aromatic rings. The number of nitrogens with one attached hydrogen (secondary N) is 1. The highest BCUT2D eigenvalue weighted by Crippen LogP contribution is 2.29. The highest BCUT2D eigenvalue weighted by Gasteiger charge is 2.17. The van der Waals surface area contributed by atoms with Gasteiger partial charge < -0.3 is 14.6 Å². The van der Waals surface area contributed by atoms with Crippen molar-refractivity contribution in [2.24, 2.45) is 0 Å². The maximum Gasteiger partial charge on any atom is 0.296 e. The number of aromatic nitrogens is 1. The van der Waals surface area contributed by atoms with Crippen LogP contribution in [-0.4, -0.2) is 22.0 Å². The van der Waals surface area contributed by atoms with Crippen LogP contribution < -0.4 is 10.1 Å². The third-order valence-corrected chi connectivity index (χ3v) is 4.17. The summed E-state index contributed by atoms with van der Waals surface area (Å²) in [6.07, 6.45) is 2.95. The topological polar surface area (TPSA) is 86.4 Å². The van der Waals surface area contributed by atoms with Gasteiger partial charge in [0.1, 0.15) is 11.4 Å². The van der Waals surface area contributed by atoms with Gasteiger partial charge in [0.2, 0.25) is 5.91 Å². The standard InChI is InChI=1S/C20H21N3O4/c1-2-13-27-16-7-8-17(19(14-16)23(25)26)21-20(24)10-12-22-11-9-15-5-3-4-6-18(15)22/h3-9,11,14H,2,10,12-13H2,1H3,(H,21,24). The second-order valence-corrected chi connectivity index (χ2v) is 6.15. The number of nitro groups is 1. The molecule has 27 heavy (non-hydrogen) atoms.